The molecule has 1 aromatic heterocycles. The van der Waals surface area contributed by atoms with E-state index < -0.39 is 0 Å². The van der Waals surface area contributed by atoms with Crippen LogP contribution < -0.4 is 5.43 Å². The van der Waals surface area contributed by atoms with E-state index in [1.807, 2.05) is 32.1 Å². The van der Waals surface area contributed by atoms with Crippen molar-refractivity contribution in [3.63, 3.8) is 0 Å². The van der Waals surface area contributed by atoms with Crippen molar-refractivity contribution >= 4 is 34.5 Å². The lowest BCUT2D eigenvalue weighted by atomic mass is 10.2. The van der Waals surface area contributed by atoms with Gasteiger partial charge in [0.15, 0.2) is 0 Å². The molecule has 1 N–H and O–H groups in total. The highest BCUT2D eigenvalue weighted by Crippen LogP contribution is 2.34. The van der Waals surface area contributed by atoms with Gasteiger partial charge in [-0.15, -0.1) is 11.3 Å². The molecule has 2 nitrogen and oxygen atoms in total. The topological polar surface area (TPSA) is 15.3 Å². The highest BCUT2D eigenvalue weighted by Gasteiger charge is 2.13. The SMILES string of the molecule is CC(NN(C)C)c1cc(Cl)sc1Cl. The molecule has 0 fully saturated rings. The van der Waals surface area contributed by atoms with Gasteiger partial charge < -0.3 is 0 Å². The van der Waals surface area contributed by atoms with E-state index in [-0.39, 0.29) is 6.04 Å². The molecule has 13 heavy (non-hydrogen) atoms. The van der Waals surface area contributed by atoms with Crippen molar-refractivity contribution in [2.24, 2.45) is 0 Å². The van der Waals surface area contributed by atoms with Crippen LogP contribution in [-0.2, 0) is 0 Å². The van der Waals surface area contributed by atoms with Crippen molar-refractivity contribution in [2.45, 2.75) is 13.0 Å². The van der Waals surface area contributed by atoms with Crippen LogP contribution in [0.3, 0.4) is 0 Å². The molecule has 0 bridgehead atoms. The Bertz CT molecular complexity index is 286. The predicted octanol–water partition coefficient (Wildman–Crippen LogP) is 3.18. The zero-order valence-corrected chi connectivity index (χ0v) is 10.1. The summed E-state index contributed by atoms with van der Waals surface area (Å²) in [7, 11) is 3.89. The number of rotatable bonds is 3. The molecule has 74 valence electrons. The van der Waals surface area contributed by atoms with Crippen molar-refractivity contribution in [1.82, 2.24) is 10.4 Å². The fourth-order valence-electron chi connectivity index (χ4n) is 1.11. The summed E-state index contributed by atoms with van der Waals surface area (Å²) in [5.41, 5.74) is 4.26. The van der Waals surface area contributed by atoms with Crippen molar-refractivity contribution < 1.29 is 0 Å². The molecule has 1 rings (SSSR count). The number of hydrazine groups is 1. The van der Waals surface area contributed by atoms with Gasteiger partial charge in [-0.1, -0.05) is 23.2 Å². The molecule has 0 radical (unpaired) electrons. The predicted molar refractivity (Wildman–Crippen MR) is 59.6 cm³/mol. The Morgan fingerprint density at radius 3 is 2.46 bits per heavy atom. The largest absolute Gasteiger partial charge is 0.250 e. The first-order valence-corrected chi connectivity index (χ1v) is 5.46. The Morgan fingerprint density at radius 2 is 2.08 bits per heavy atom. The molecule has 0 spiro atoms. The van der Waals surface area contributed by atoms with Gasteiger partial charge in [-0.25, -0.2) is 5.43 Å². The van der Waals surface area contributed by atoms with Gasteiger partial charge in [0, 0.05) is 25.7 Å². The Hall–Kier alpha value is 0.200. The first-order valence-electron chi connectivity index (χ1n) is 3.89. The Labute approximate surface area is 92.4 Å². The van der Waals surface area contributed by atoms with Gasteiger partial charge in [0.05, 0.1) is 8.67 Å². The quantitative estimate of drug-likeness (QED) is 0.815. The summed E-state index contributed by atoms with van der Waals surface area (Å²) < 4.78 is 1.49. The minimum atomic E-state index is 0.186. The molecular formula is C8H12Cl2N2S. The summed E-state index contributed by atoms with van der Waals surface area (Å²) in [5.74, 6) is 0. The first kappa shape index (κ1) is 11.3. The minimum absolute atomic E-state index is 0.186. The summed E-state index contributed by atoms with van der Waals surface area (Å²) in [6, 6.07) is 2.08. The van der Waals surface area contributed by atoms with E-state index in [4.69, 9.17) is 23.2 Å². The number of nitrogens with zero attached hydrogens (tertiary/aromatic N) is 1. The molecule has 1 heterocycles. The lowest BCUT2D eigenvalue weighted by Crippen LogP contribution is -2.32. The third kappa shape index (κ3) is 3.11. The molecule has 5 heteroatoms. The molecule has 0 saturated heterocycles. The maximum absolute atomic E-state index is 6.00. The normalized spacial score (nSPS) is 13.7. The van der Waals surface area contributed by atoms with E-state index in [9.17, 15) is 0 Å². The lowest BCUT2D eigenvalue weighted by molar-refractivity contribution is 0.252. The summed E-state index contributed by atoms with van der Waals surface area (Å²) in [4.78, 5) is 0. The second kappa shape index (κ2) is 4.62. The molecule has 0 amide bonds. The van der Waals surface area contributed by atoms with Gasteiger partial charge in [-0.3, -0.25) is 5.01 Å². The Morgan fingerprint density at radius 1 is 1.46 bits per heavy atom. The summed E-state index contributed by atoms with van der Waals surface area (Å²) >= 11 is 13.2. The van der Waals surface area contributed by atoms with E-state index in [1.54, 1.807) is 0 Å². The average Bonchev–Trinajstić information content (AvgIpc) is 2.28. The second-order valence-corrected chi connectivity index (χ2v) is 5.31. The van der Waals surface area contributed by atoms with Gasteiger partial charge in [0.2, 0.25) is 0 Å². The molecule has 1 aromatic rings. The fourth-order valence-corrected chi connectivity index (χ4v) is 2.75. The van der Waals surface area contributed by atoms with Gasteiger partial charge in [-0.2, -0.15) is 0 Å². The monoisotopic (exact) mass is 238 g/mol. The standard InChI is InChI=1S/C8H12Cl2N2S/c1-5(11-12(2)3)6-4-7(9)13-8(6)10/h4-5,11H,1-3H3. The molecule has 1 atom stereocenters. The van der Waals surface area contributed by atoms with Crippen LogP contribution in [0.4, 0.5) is 0 Å². The smallest absolute Gasteiger partial charge is 0.0992 e. The number of nitrogens with one attached hydrogen (secondary N) is 1. The Kier molecular flexibility index (Phi) is 4.01. The van der Waals surface area contributed by atoms with Gasteiger partial charge in [0.1, 0.15) is 0 Å². The minimum Gasteiger partial charge on any atom is -0.250 e. The van der Waals surface area contributed by atoms with Crippen LogP contribution in [0, 0.1) is 0 Å². The number of thiophene rings is 1. The van der Waals surface area contributed by atoms with E-state index in [0.29, 0.717) is 0 Å². The number of hydrogen-bond donors (Lipinski definition) is 1. The van der Waals surface area contributed by atoms with Gasteiger partial charge in [-0.05, 0) is 13.0 Å². The number of halogens is 2. The van der Waals surface area contributed by atoms with E-state index in [1.165, 1.54) is 11.3 Å². The maximum Gasteiger partial charge on any atom is 0.0992 e. The van der Waals surface area contributed by atoms with Crippen molar-refractivity contribution in [3.8, 4) is 0 Å². The summed E-state index contributed by atoms with van der Waals surface area (Å²) in [5, 5.41) is 1.90. The van der Waals surface area contributed by atoms with Crippen LogP contribution in [0.1, 0.15) is 18.5 Å². The molecular weight excluding hydrogens is 227 g/mol. The fraction of sp³-hybridized carbons (Fsp3) is 0.500. The van der Waals surface area contributed by atoms with Gasteiger partial charge >= 0.3 is 0 Å². The van der Waals surface area contributed by atoms with Crippen LogP contribution in [-0.4, -0.2) is 19.1 Å². The van der Waals surface area contributed by atoms with Crippen LogP contribution in [0.5, 0.6) is 0 Å². The maximum atomic E-state index is 6.00. The van der Waals surface area contributed by atoms with Crippen LogP contribution >= 0.6 is 34.5 Å². The van der Waals surface area contributed by atoms with Crippen molar-refractivity contribution in [1.29, 1.82) is 0 Å². The first-order chi connectivity index (χ1) is 6.00. The second-order valence-electron chi connectivity index (χ2n) is 3.02. The molecule has 0 aromatic carbocycles. The van der Waals surface area contributed by atoms with E-state index >= 15 is 0 Å². The highest BCUT2D eigenvalue weighted by molar-refractivity contribution is 7.20. The van der Waals surface area contributed by atoms with E-state index in [0.717, 1.165) is 14.2 Å². The molecule has 1 unspecified atom stereocenters. The van der Waals surface area contributed by atoms with Gasteiger partial charge in [0.25, 0.3) is 0 Å². The van der Waals surface area contributed by atoms with Crippen molar-refractivity contribution in [3.05, 3.63) is 20.3 Å². The molecule has 0 saturated carbocycles. The Balaban J connectivity index is 2.76. The lowest BCUT2D eigenvalue weighted by Gasteiger charge is -2.18. The average molecular weight is 239 g/mol. The van der Waals surface area contributed by atoms with E-state index in [2.05, 4.69) is 5.43 Å². The zero-order valence-electron chi connectivity index (χ0n) is 7.77. The molecule has 0 aliphatic rings. The molecule has 0 aliphatic carbocycles. The van der Waals surface area contributed by atoms with Crippen LogP contribution in [0.2, 0.25) is 8.67 Å². The zero-order chi connectivity index (χ0) is 10.0. The van der Waals surface area contributed by atoms with Crippen LogP contribution in [0.15, 0.2) is 6.07 Å². The highest BCUT2D eigenvalue weighted by atomic mass is 35.5. The summed E-state index contributed by atoms with van der Waals surface area (Å²) in [6.07, 6.45) is 0. The number of hydrogen-bond acceptors (Lipinski definition) is 3. The summed E-state index contributed by atoms with van der Waals surface area (Å²) in [6.45, 7) is 2.05. The molecule has 0 aliphatic heterocycles. The van der Waals surface area contributed by atoms with Crippen LogP contribution in [0.25, 0.3) is 0 Å². The third-order valence-electron chi connectivity index (χ3n) is 1.60. The third-order valence-corrected chi connectivity index (χ3v) is 3.12. The van der Waals surface area contributed by atoms with Crippen molar-refractivity contribution in [2.75, 3.05) is 14.1 Å².